The first kappa shape index (κ1) is 14.0. The summed E-state index contributed by atoms with van der Waals surface area (Å²) in [6.45, 7) is 0. The molecule has 1 aliphatic rings. The van der Waals surface area contributed by atoms with Crippen LogP contribution < -0.4 is 5.73 Å². The molecule has 2 rings (SSSR count). The highest BCUT2D eigenvalue weighted by Gasteiger charge is 2.25. The molecular weight excluding hydrogens is 266 g/mol. The van der Waals surface area contributed by atoms with E-state index in [4.69, 9.17) is 28.9 Å². The highest BCUT2D eigenvalue weighted by Crippen LogP contribution is 2.36. The zero-order valence-electron chi connectivity index (χ0n) is 8.83. The molecule has 0 aliphatic heterocycles. The third-order valence-corrected chi connectivity index (χ3v) is 3.62. The van der Waals surface area contributed by atoms with Gasteiger partial charge in [0, 0.05) is 11.6 Å². The summed E-state index contributed by atoms with van der Waals surface area (Å²) >= 11 is 11.8. The smallest absolute Gasteiger partial charge is 0.135 e. The number of rotatable bonds is 2. The first-order valence-corrected chi connectivity index (χ1v) is 6.01. The van der Waals surface area contributed by atoms with Crippen molar-refractivity contribution < 1.29 is 0 Å². The lowest BCUT2D eigenvalue weighted by Gasteiger charge is -2.19. The van der Waals surface area contributed by atoms with Crippen molar-refractivity contribution in [3.8, 4) is 0 Å². The lowest BCUT2D eigenvalue weighted by molar-refractivity contribution is 0.444. The second-order valence-corrected chi connectivity index (χ2v) is 4.83. The molecule has 0 spiro atoms. The normalized spacial score (nSPS) is 18.2. The summed E-state index contributed by atoms with van der Waals surface area (Å²) in [6, 6.07) is 3.64. The van der Waals surface area contributed by atoms with Crippen LogP contribution in [0.4, 0.5) is 0 Å². The van der Waals surface area contributed by atoms with Crippen molar-refractivity contribution in [1.29, 1.82) is 0 Å². The Hall–Kier alpha value is -0.0200. The Morgan fingerprint density at radius 2 is 1.88 bits per heavy atom. The number of nitrogens with two attached hydrogens (primary N) is 1. The predicted molar refractivity (Wildman–Crippen MR) is 70.4 cm³/mol. The third kappa shape index (κ3) is 3.01. The molecule has 1 heterocycles. The highest BCUT2D eigenvalue weighted by molar-refractivity contribution is 6.32. The zero-order chi connectivity index (χ0) is 10.8. The van der Waals surface area contributed by atoms with Crippen LogP contribution >= 0.6 is 35.6 Å². The molecule has 16 heavy (non-hydrogen) atoms. The number of hydrogen-bond donors (Lipinski definition) is 1. The van der Waals surface area contributed by atoms with E-state index >= 15 is 0 Å². The fourth-order valence-corrected chi connectivity index (χ4v) is 2.71. The largest absolute Gasteiger partial charge is 0.324 e. The molecule has 1 fully saturated rings. The summed E-state index contributed by atoms with van der Waals surface area (Å²) < 4.78 is 0. The molecule has 5 heteroatoms. The van der Waals surface area contributed by atoms with Crippen LogP contribution in [0.1, 0.15) is 37.3 Å². The first-order valence-electron chi connectivity index (χ1n) is 5.26. The molecule has 90 valence electrons. The summed E-state index contributed by atoms with van der Waals surface area (Å²) in [4.78, 5) is 4.02. The van der Waals surface area contributed by atoms with E-state index < -0.39 is 0 Å². The number of halogens is 3. The molecule has 1 aliphatic carbocycles. The van der Waals surface area contributed by atoms with Crippen LogP contribution in [0, 0.1) is 5.92 Å². The van der Waals surface area contributed by atoms with Crippen molar-refractivity contribution in [2.45, 2.75) is 31.7 Å². The molecule has 1 saturated carbocycles. The molecule has 2 N–H and O–H groups in total. The maximum Gasteiger partial charge on any atom is 0.135 e. The van der Waals surface area contributed by atoms with Gasteiger partial charge in [-0.2, -0.15) is 0 Å². The van der Waals surface area contributed by atoms with Crippen LogP contribution in [-0.2, 0) is 0 Å². The van der Waals surface area contributed by atoms with Gasteiger partial charge in [-0.3, -0.25) is 0 Å². The van der Waals surface area contributed by atoms with Gasteiger partial charge in [-0.15, -0.1) is 12.4 Å². The Balaban J connectivity index is 0.00000128. The van der Waals surface area contributed by atoms with Gasteiger partial charge in [0.25, 0.3) is 0 Å². The summed E-state index contributed by atoms with van der Waals surface area (Å²) in [5.41, 5.74) is 7.11. The van der Waals surface area contributed by atoms with Crippen molar-refractivity contribution in [3.05, 3.63) is 28.0 Å². The van der Waals surface area contributed by atoms with E-state index in [0.29, 0.717) is 16.2 Å². The monoisotopic (exact) mass is 280 g/mol. The Kier molecular flexibility index (Phi) is 5.32. The first-order chi connectivity index (χ1) is 7.18. The molecule has 0 radical (unpaired) electrons. The summed E-state index contributed by atoms with van der Waals surface area (Å²) in [6.07, 6.45) is 4.94. The van der Waals surface area contributed by atoms with Crippen LogP contribution in [-0.4, -0.2) is 4.98 Å². The zero-order valence-corrected chi connectivity index (χ0v) is 11.2. The fraction of sp³-hybridized carbons (Fsp3) is 0.545. The van der Waals surface area contributed by atoms with Gasteiger partial charge >= 0.3 is 0 Å². The number of nitrogens with zero attached hydrogens (tertiary/aromatic N) is 1. The SMILES string of the molecule is Cl.N[C@@H](c1ccc(Cl)nc1Cl)C1CCCC1. The minimum Gasteiger partial charge on any atom is -0.324 e. The molecule has 0 bridgehead atoms. The van der Waals surface area contributed by atoms with Crippen LogP contribution in [0.15, 0.2) is 12.1 Å². The Morgan fingerprint density at radius 1 is 1.25 bits per heavy atom. The second-order valence-electron chi connectivity index (χ2n) is 4.08. The number of aromatic nitrogens is 1. The van der Waals surface area contributed by atoms with Crippen LogP contribution in [0.25, 0.3) is 0 Å². The van der Waals surface area contributed by atoms with Gasteiger partial charge in [-0.1, -0.05) is 42.1 Å². The van der Waals surface area contributed by atoms with Gasteiger partial charge in [-0.05, 0) is 24.8 Å². The van der Waals surface area contributed by atoms with Gasteiger partial charge in [0.15, 0.2) is 0 Å². The van der Waals surface area contributed by atoms with Gasteiger partial charge in [0.1, 0.15) is 10.3 Å². The van der Waals surface area contributed by atoms with E-state index in [-0.39, 0.29) is 18.4 Å². The van der Waals surface area contributed by atoms with Gasteiger partial charge in [0.05, 0.1) is 0 Å². The van der Waals surface area contributed by atoms with Crippen molar-refractivity contribution in [3.63, 3.8) is 0 Å². The Bertz CT molecular complexity index is 351. The van der Waals surface area contributed by atoms with Crippen molar-refractivity contribution in [2.24, 2.45) is 11.7 Å². The van der Waals surface area contributed by atoms with E-state index in [0.717, 1.165) is 5.56 Å². The molecule has 0 saturated heterocycles. The van der Waals surface area contributed by atoms with Crippen LogP contribution in [0.2, 0.25) is 10.3 Å². The molecule has 1 aromatic rings. The second kappa shape index (κ2) is 6.06. The van der Waals surface area contributed by atoms with Crippen molar-refractivity contribution in [1.82, 2.24) is 4.98 Å². The van der Waals surface area contributed by atoms with E-state index in [1.165, 1.54) is 25.7 Å². The Labute approximate surface area is 112 Å². The molecule has 1 atom stereocenters. The number of pyridine rings is 1. The lowest BCUT2D eigenvalue weighted by Crippen LogP contribution is -2.19. The Morgan fingerprint density at radius 3 is 2.44 bits per heavy atom. The highest BCUT2D eigenvalue weighted by atomic mass is 35.5. The van der Waals surface area contributed by atoms with E-state index in [1.807, 2.05) is 6.07 Å². The molecule has 0 unspecified atom stereocenters. The standard InChI is InChI=1S/C11H14Cl2N2.ClH/c12-9-6-5-8(11(13)15-9)10(14)7-3-1-2-4-7;/h5-7,10H,1-4,14H2;1H/t10-;/m1./s1. The lowest BCUT2D eigenvalue weighted by atomic mass is 9.93. The van der Waals surface area contributed by atoms with Gasteiger partial charge < -0.3 is 5.73 Å². The number of hydrogen-bond acceptors (Lipinski definition) is 2. The third-order valence-electron chi connectivity index (χ3n) is 3.11. The minimum absolute atomic E-state index is 0. The molecule has 1 aromatic heterocycles. The average molecular weight is 282 g/mol. The molecule has 0 amide bonds. The quantitative estimate of drug-likeness (QED) is 0.832. The van der Waals surface area contributed by atoms with E-state index in [1.54, 1.807) is 6.07 Å². The van der Waals surface area contributed by atoms with Gasteiger partial charge in [0.2, 0.25) is 0 Å². The summed E-state index contributed by atoms with van der Waals surface area (Å²) in [5.74, 6) is 0.547. The van der Waals surface area contributed by atoms with E-state index in [9.17, 15) is 0 Å². The minimum atomic E-state index is 0. The average Bonchev–Trinajstić information content (AvgIpc) is 2.69. The topological polar surface area (TPSA) is 38.9 Å². The van der Waals surface area contributed by atoms with E-state index in [2.05, 4.69) is 4.98 Å². The summed E-state index contributed by atoms with van der Waals surface area (Å²) in [7, 11) is 0. The molecule has 0 aromatic carbocycles. The van der Waals surface area contributed by atoms with Crippen molar-refractivity contribution in [2.75, 3.05) is 0 Å². The molecule has 2 nitrogen and oxygen atoms in total. The maximum absolute atomic E-state index is 6.18. The molecular formula is C11H15Cl3N2. The maximum atomic E-state index is 6.18. The predicted octanol–water partition coefficient (Wildman–Crippen LogP) is 4.00. The van der Waals surface area contributed by atoms with Gasteiger partial charge in [-0.25, -0.2) is 4.98 Å². The van der Waals surface area contributed by atoms with Crippen LogP contribution in [0.3, 0.4) is 0 Å². The summed E-state index contributed by atoms with van der Waals surface area (Å²) in [5, 5.41) is 0.865. The van der Waals surface area contributed by atoms with Crippen LogP contribution in [0.5, 0.6) is 0 Å². The van der Waals surface area contributed by atoms with Crippen molar-refractivity contribution >= 4 is 35.6 Å². The fourth-order valence-electron chi connectivity index (χ4n) is 2.24.